The van der Waals surface area contributed by atoms with Crippen LogP contribution >= 0.6 is 11.6 Å². The number of nitrogens with zero attached hydrogens (tertiary/aromatic N) is 1. The van der Waals surface area contributed by atoms with Crippen molar-refractivity contribution in [2.45, 2.75) is 17.8 Å². The van der Waals surface area contributed by atoms with Gasteiger partial charge in [-0.1, -0.05) is 11.6 Å². The first-order chi connectivity index (χ1) is 12.8. The van der Waals surface area contributed by atoms with Crippen LogP contribution in [0.1, 0.15) is 17.2 Å². The highest BCUT2D eigenvalue weighted by atomic mass is 35.5. The molecule has 9 heteroatoms. The monoisotopic (exact) mass is 397 g/mol. The van der Waals surface area contributed by atoms with Crippen molar-refractivity contribution >= 4 is 17.3 Å². The molecule has 0 amide bonds. The molecule has 1 atom stereocenters. The maximum atomic E-state index is 14.7. The Balaban J connectivity index is 1.79. The zero-order valence-corrected chi connectivity index (χ0v) is 14.3. The summed E-state index contributed by atoms with van der Waals surface area (Å²) in [6, 6.07) is 5.88. The Morgan fingerprint density at radius 3 is 2.59 bits per heavy atom. The van der Waals surface area contributed by atoms with Gasteiger partial charge >= 0.3 is 5.92 Å². The Labute approximate surface area is 156 Å². The number of aliphatic hydroxyl groups excluding tert-OH is 1. The van der Waals surface area contributed by atoms with E-state index in [4.69, 9.17) is 32.4 Å². The Hall–Kier alpha value is -2.31. The van der Waals surface area contributed by atoms with E-state index in [1.165, 1.54) is 18.2 Å². The van der Waals surface area contributed by atoms with Gasteiger partial charge in [-0.15, -0.1) is 0 Å². The Morgan fingerprint density at radius 2 is 1.93 bits per heavy atom. The molecule has 140 valence electrons. The van der Waals surface area contributed by atoms with E-state index in [0.29, 0.717) is 0 Å². The van der Waals surface area contributed by atoms with Crippen LogP contribution in [0.2, 0.25) is 5.02 Å². The normalized spacial score (nSPS) is 21.9. The molecule has 27 heavy (non-hydrogen) atoms. The molecule has 0 radical (unpaired) electrons. The van der Waals surface area contributed by atoms with E-state index in [0.717, 1.165) is 12.1 Å². The summed E-state index contributed by atoms with van der Waals surface area (Å²) >= 11 is 6.22. The third-order valence-corrected chi connectivity index (χ3v) is 4.85. The number of hydrogen-bond donors (Lipinski definition) is 1. The van der Waals surface area contributed by atoms with Crippen molar-refractivity contribution < 1.29 is 32.5 Å². The third kappa shape index (κ3) is 2.51. The molecular formula is C18H11ClF3NO4. The predicted molar refractivity (Wildman–Crippen MR) is 87.7 cm³/mol. The zero-order chi connectivity index (χ0) is 19.4. The van der Waals surface area contributed by atoms with E-state index in [1.54, 1.807) is 0 Å². The van der Waals surface area contributed by atoms with Crippen LogP contribution in [0.5, 0.6) is 11.5 Å². The van der Waals surface area contributed by atoms with Crippen molar-refractivity contribution in [2.75, 3.05) is 13.2 Å². The van der Waals surface area contributed by atoms with E-state index in [2.05, 4.69) is 4.85 Å². The Morgan fingerprint density at radius 1 is 1.22 bits per heavy atom. The average Bonchev–Trinajstić information content (AvgIpc) is 3.18. The standard InChI is InChI=1S/C18H11ClF3NO4/c1-23-10-6-9(20)7-11(8-10)27-13-3-2-12-14(15(13)19)16(24)17(21,22)18(12)25-4-5-26-18/h2-3,6-8,16,24H,4-5H2. The SMILES string of the molecule is [C-]#[N+]c1cc(F)cc(Oc2ccc3c(c2Cl)C(O)C(F)(F)C32OCCO2)c1. The van der Waals surface area contributed by atoms with Crippen molar-refractivity contribution in [3.05, 3.63) is 63.7 Å². The Kier molecular flexibility index (Phi) is 4.09. The first kappa shape index (κ1) is 18.1. The smallest absolute Gasteiger partial charge is 0.334 e. The second kappa shape index (κ2) is 6.11. The summed E-state index contributed by atoms with van der Waals surface area (Å²) in [7, 11) is 0. The molecule has 2 aliphatic rings. The van der Waals surface area contributed by atoms with E-state index in [1.807, 2.05) is 0 Å². The van der Waals surface area contributed by atoms with E-state index in [-0.39, 0.29) is 46.5 Å². The first-order valence-corrected chi connectivity index (χ1v) is 8.20. The first-order valence-electron chi connectivity index (χ1n) is 7.83. The van der Waals surface area contributed by atoms with Crippen molar-refractivity contribution in [1.29, 1.82) is 0 Å². The van der Waals surface area contributed by atoms with Crippen molar-refractivity contribution in [3.63, 3.8) is 0 Å². The van der Waals surface area contributed by atoms with Gasteiger partial charge in [0.2, 0.25) is 0 Å². The van der Waals surface area contributed by atoms with Gasteiger partial charge in [-0.3, -0.25) is 0 Å². The van der Waals surface area contributed by atoms with Crippen LogP contribution < -0.4 is 4.74 Å². The summed E-state index contributed by atoms with van der Waals surface area (Å²) in [5, 5.41) is 9.91. The predicted octanol–water partition coefficient (Wildman–Crippen LogP) is 4.70. The molecule has 0 aromatic heterocycles. The quantitative estimate of drug-likeness (QED) is 0.746. The molecule has 1 heterocycles. The lowest BCUT2D eigenvalue weighted by atomic mass is 10.1. The topological polar surface area (TPSA) is 52.3 Å². The Bertz CT molecular complexity index is 970. The zero-order valence-electron chi connectivity index (χ0n) is 13.5. The highest BCUT2D eigenvalue weighted by Crippen LogP contribution is 2.60. The number of alkyl halides is 2. The van der Waals surface area contributed by atoms with Crippen molar-refractivity contribution in [2.24, 2.45) is 0 Å². The largest absolute Gasteiger partial charge is 0.457 e. The fourth-order valence-electron chi connectivity index (χ4n) is 3.31. The summed E-state index contributed by atoms with van der Waals surface area (Å²) in [6.07, 6.45) is -2.27. The lowest BCUT2D eigenvalue weighted by Crippen LogP contribution is -2.44. The maximum Gasteiger partial charge on any atom is 0.334 e. The van der Waals surface area contributed by atoms with Gasteiger partial charge in [0, 0.05) is 17.2 Å². The number of rotatable bonds is 2. The number of ether oxygens (including phenoxy) is 3. The molecule has 1 N–H and O–H groups in total. The van der Waals surface area contributed by atoms with Gasteiger partial charge in [-0.2, -0.15) is 8.78 Å². The van der Waals surface area contributed by atoms with Gasteiger partial charge in [-0.25, -0.2) is 9.24 Å². The second-order valence-corrected chi connectivity index (χ2v) is 6.41. The number of hydrogen-bond acceptors (Lipinski definition) is 4. The fourth-order valence-corrected chi connectivity index (χ4v) is 3.61. The summed E-state index contributed by atoms with van der Waals surface area (Å²) < 4.78 is 58.8. The van der Waals surface area contributed by atoms with Crippen LogP contribution in [0, 0.1) is 12.4 Å². The number of fused-ring (bicyclic) bond motifs is 2. The van der Waals surface area contributed by atoms with E-state index < -0.39 is 23.6 Å². The third-order valence-electron chi connectivity index (χ3n) is 4.46. The van der Waals surface area contributed by atoms with Crippen LogP contribution in [-0.4, -0.2) is 24.2 Å². The van der Waals surface area contributed by atoms with Crippen LogP contribution in [0.25, 0.3) is 4.85 Å². The molecular weight excluding hydrogens is 387 g/mol. The minimum atomic E-state index is -3.76. The number of benzene rings is 2. The van der Waals surface area contributed by atoms with Crippen molar-refractivity contribution in [3.8, 4) is 11.5 Å². The van der Waals surface area contributed by atoms with Crippen LogP contribution in [0.4, 0.5) is 18.9 Å². The minimum Gasteiger partial charge on any atom is -0.457 e. The lowest BCUT2D eigenvalue weighted by Gasteiger charge is -2.30. The molecule has 1 aliphatic heterocycles. The van der Waals surface area contributed by atoms with Gasteiger partial charge in [0.25, 0.3) is 5.79 Å². The molecule has 1 saturated heterocycles. The van der Waals surface area contributed by atoms with Crippen LogP contribution in [0.15, 0.2) is 30.3 Å². The highest BCUT2D eigenvalue weighted by molar-refractivity contribution is 6.33. The molecule has 5 nitrogen and oxygen atoms in total. The molecule has 0 bridgehead atoms. The van der Waals surface area contributed by atoms with Crippen molar-refractivity contribution in [1.82, 2.24) is 0 Å². The molecule has 1 fully saturated rings. The molecule has 1 spiro atoms. The number of aliphatic hydroxyl groups is 1. The van der Waals surface area contributed by atoms with E-state index in [9.17, 15) is 18.3 Å². The highest BCUT2D eigenvalue weighted by Gasteiger charge is 2.70. The van der Waals surface area contributed by atoms with Gasteiger partial charge in [0.05, 0.1) is 24.8 Å². The van der Waals surface area contributed by atoms with Crippen LogP contribution in [0.3, 0.4) is 0 Å². The van der Waals surface area contributed by atoms with Gasteiger partial charge < -0.3 is 19.3 Å². The van der Waals surface area contributed by atoms with Gasteiger partial charge in [0.15, 0.2) is 11.8 Å². The fraction of sp³-hybridized carbons (Fsp3) is 0.278. The molecule has 0 saturated carbocycles. The van der Waals surface area contributed by atoms with E-state index >= 15 is 0 Å². The summed E-state index contributed by atoms with van der Waals surface area (Å²) in [5.74, 6) is -6.98. The minimum absolute atomic E-state index is 0.000518. The summed E-state index contributed by atoms with van der Waals surface area (Å²) in [5.41, 5.74) is -0.362. The maximum absolute atomic E-state index is 14.7. The molecule has 1 aliphatic carbocycles. The number of halogens is 4. The molecule has 2 aromatic rings. The molecule has 4 rings (SSSR count). The summed E-state index contributed by atoms with van der Waals surface area (Å²) in [6.45, 7) is 6.84. The lowest BCUT2D eigenvalue weighted by molar-refractivity contribution is -0.315. The van der Waals surface area contributed by atoms with Crippen LogP contribution in [-0.2, 0) is 15.3 Å². The second-order valence-electron chi connectivity index (χ2n) is 6.04. The molecule has 2 aromatic carbocycles. The van der Waals surface area contributed by atoms with Gasteiger partial charge in [0.1, 0.15) is 17.3 Å². The average molecular weight is 398 g/mol. The van der Waals surface area contributed by atoms with Gasteiger partial charge in [-0.05, 0) is 24.3 Å². The summed E-state index contributed by atoms with van der Waals surface area (Å²) in [4.78, 5) is 3.12. The molecule has 1 unspecified atom stereocenters.